The second-order valence-electron chi connectivity index (χ2n) is 5.82. The lowest BCUT2D eigenvalue weighted by atomic mass is 9.79. The molecule has 1 aromatic rings. The lowest BCUT2D eigenvalue weighted by Crippen LogP contribution is -2.49. The van der Waals surface area contributed by atoms with Gasteiger partial charge in [-0.3, -0.25) is 0 Å². The number of halogens is 1. The third-order valence-electron chi connectivity index (χ3n) is 4.61. The van der Waals surface area contributed by atoms with Gasteiger partial charge in [0.25, 0.3) is 0 Å². The molecule has 0 bridgehead atoms. The van der Waals surface area contributed by atoms with Crippen molar-refractivity contribution in [2.24, 2.45) is 5.92 Å². The molecule has 0 N–H and O–H groups in total. The third-order valence-corrected chi connectivity index (χ3v) is 6.55. The first-order chi connectivity index (χ1) is 9.59. The number of hydrogen-bond donors (Lipinski definition) is 0. The summed E-state index contributed by atoms with van der Waals surface area (Å²) in [5.41, 5.74) is 0. The van der Waals surface area contributed by atoms with Crippen LogP contribution in [0.15, 0.2) is 29.2 Å². The van der Waals surface area contributed by atoms with Crippen LogP contribution in [0.2, 0.25) is 0 Å². The lowest BCUT2D eigenvalue weighted by Gasteiger charge is -2.43. The van der Waals surface area contributed by atoms with Gasteiger partial charge in [-0.05, 0) is 55.9 Å². The standard InChI is InChI=1S/C15H20FNO2S/c16-13-7-9-14(10-8-13)20(18,19)17-11-3-5-12-4-1-2-6-15(12)17/h7-10,12,15H,1-6,11H2/t12-,15+/m1/s1. The highest BCUT2D eigenvalue weighted by atomic mass is 32.2. The summed E-state index contributed by atoms with van der Waals surface area (Å²) in [6.45, 7) is 0.598. The first-order valence-corrected chi connectivity index (χ1v) is 8.80. The average molecular weight is 297 g/mol. The zero-order chi connectivity index (χ0) is 14.2. The maximum Gasteiger partial charge on any atom is 0.243 e. The van der Waals surface area contributed by atoms with Gasteiger partial charge in [-0.25, -0.2) is 12.8 Å². The number of piperidine rings is 1. The van der Waals surface area contributed by atoms with Crippen molar-refractivity contribution in [2.45, 2.75) is 49.5 Å². The van der Waals surface area contributed by atoms with Crippen molar-refractivity contribution >= 4 is 10.0 Å². The Morgan fingerprint density at radius 2 is 1.65 bits per heavy atom. The summed E-state index contributed by atoms with van der Waals surface area (Å²) in [7, 11) is -3.48. The van der Waals surface area contributed by atoms with Crippen molar-refractivity contribution in [1.29, 1.82) is 0 Å². The zero-order valence-electron chi connectivity index (χ0n) is 11.5. The fraction of sp³-hybridized carbons (Fsp3) is 0.600. The van der Waals surface area contributed by atoms with Crippen LogP contribution in [0.4, 0.5) is 4.39 Å². The fourth-order valence-corrected chi connectivity index (χ4v) is 5.37. The molecule has 0 spiro atoms. The largest absolute Gasteiger partial charge is 0.243 e. The molecule has 5 heteroatoms. The molecular weight excluding hydrogens is 277 g/mol. The van der Waals surface area contributed by atoms with Gasteiger partial charge in [0.05, 0.1) is 4.90 Å². The van der Waals surface area contributed by atoms with Crippen molar-refractivity contribution in [2.75, 3.05) is 6.54 Å². The van der Waals surface area contributed by atoms with Crippen molar-refractivity contribution in [3.63, 3.8) is 0 Å². The molecular formula is C15H20FNO2S. The minimum absolute atomic E-state index is 0.146. The van der Waals surface area contributed by atoms with Crippen molar-refractivity contribution < 1.29 is 12.8 Å². The smallest absolute Gasteiger partial charge is 0.207 e. The molecule has 2 atom stereocenters. The summed E-state index contributed by atoms with van der Waals surface area (Å²) < 4.78 is 40.2. The van der Waals surface area contributed by atoms with E-state index in [0.717, 1.165) is 32.1 Å². The van der Waals surface area contributed by atoms with E-state index in [1.54, 1.807) is 4.31 Å². The monoisotopic (exact) mass is 297 g/mol. The molecule has 0 aromatic heterocycles. The van der Waals surface area contributed by atoms with Gasteiger partial charge < -0.3 is 0 Å². The topological polar surface area (TPSA) is 37.4 Å². The Labute approximate surface area is 119 Å². The summed E-state index contributed by atoms with van der Waals surface area (Å²) in [4.78, 5) is 0.213. The van der Waals surface area contributed by atoms with Crippen LogP contribution in [0.5, 0.6) is 0 Å². The number of sulfonamides is 1. The van der Waals surface area contributed by atoms with Gasteiger partial charge in [-0.1, -0.05) is 12.8 Å². The van der Waals surface area contributed by atoms with E-state index in [1.807, 2.05) is 0 Å². The minimum atomic E-state index is -3.48. The van der Waals surface area contributed by atoms with E-state index in [9.17, 15) is 12.8 Å². The average Bonchev–Trinajstić information content (AvgIpc) is 2.47. The highest BCUT2D eigenvalue weighted by molar-refractivity contribution is 7.89. The van der Waals surface area contributed by atoms with Crippen LogP contribution < -0.4 is 0 Å². The van der Waals surface area contributed by atoms with Crippen molar-refractivity contribution in [1.82, 2.24) is 4.31 Å². The van der Waals surface area contributed by atoms with E-state index >= 15 is 0 Å². The summed E-state index contributed by atoms with van der Waals surface area (Å²) in [5, 5.41) is 0. The fourth-order valence-electron chi connectivity index (χ4n) is 3.62. The van der Waals surface area contributed by atoms with Crippen LogP contribution in [0.3, 0.4) is 0 Å². The SMILES string of the molecule is O=S(=O)(c1ccc(F)cc1)N1CCC[C@H]2CCCC[C@@H]21. The van der Waals surface area contributed by atoms with E-state index in [-0.39, 0.29) is 10.9 Å². The van der Waals surface area contributed by atoms with Gasteiger partial charge >= 0.3 is 0 Å². The molecule has 20 heavy (non-hydrogen) atoms. The van der Waals surface area contributed by atoms with Crippen molar-refractivity contribution in [3.05, 3.63) is 30.1 Å². The summed E-state index contributed by atoms with van der Waals surface area (Å²) in [6.07, 6.45) is 6.50. The van der Waals surface area contributed by atoms with Gasteiger partial charge in [-0.2, -0.15) is 4.31 Å². The van der Waals surface area contributed by atoms with E-state index in [0.29, 0.717) is 12.5 Å². The molecule has 1 heterocycles. The van der Waals surface area contributed by atoms with E-state index in [2.05, 4.69) is 0 Å². The molecule has 2 aliphatic rings. The van der Waals surface area contributed by atoms with Crippen LogP contribution >= 0.6 is 0 Å². The molecule has 1 saturated carbocycles. The number of rotatable bonds is 2. The number of hydrogen-bond acceptors (Lipinski definition) is 2. The molecule has 1 aliphatic carbocycles. The third kappa shape index (κ3) is 2.49. The second-order valence-corrected chi connectivity index (χ2v) is 7.71. The summed E-state index contributed by atoms with van der Waals surface area (Å²) in [5.74, 6) is 0.103. The van der Waals surface area contributed by atoms with Crippen molar-refractivity contribution in [3.8, 4) is 0 Å². The Morgan fingerprint density at radius 1 is 1.00 bits per heavy atom. The summed E-state index contributed by atoms with van der Waals surface area (Å²) >= 11 is 0. The van der Waals surface area contributed by atoms with Gasteiger partial charge in [0, 0.05) is 12.6 Å². The maximum atomic E-state index is 13.0. The van der Waals surface area contributed by atoms with Crippen LogP contribution in [-0.2, 0) is 10.0 Å². The lowest BCUT2D eigenvalue weighted by molar-refractivity contribution is 0.129. The molecule has 2 fully saturated rings. The number of fused-ring (bicyclic) bond motifs is 1. The van der Waals surface area contributed by atoms with Crippen LogP contribution in [0.1, 0.15) is 38.5 Å². The number of benzene rings is 1. The Kier molecular flexibility index (Phi) is 3.82. The Bertz CT molecular complexity index is 568. The van der Waals surface area contributed by atoms with Crippen LogP contribution in [-0.4, -0.2) is 25.3 Å². The predicted molar refractivity (Wildman–Crippen MR) is 75.3 cm³/mol. The first kappa shape index (κ1) is 14.0. The predicted octanol–water partition coefficient (Wildman–Crippen LogP) is 3.17. The quantitative estimate of drug-likeness (QED) is 0.841. The van der Waals surface area contributed by atoms with Gasteiger partial charge in [0.2, 0.25) is 10.0 Å². The van der Waals surface area contributed by atoms with E-state index < -0.39 is 15.8 Å². The second kappa shape index (κ2) is 5.45. The normalized spacial score (nSPS) is 28.1. The molecule has 1 aromatic carbocycles. The van der Waals surface area contributed by atoms with E-state index in [1.165, 1.54) is 30.7 Å². The molecule has 3 nitrogen and oxygen atoms in total. The first-order valence-electron chi connectivity index (χ1n) is 7.36. The zero-order valence-corrected chi connectivity index (χ0v) is 12.3. The minimum Gasteiger partial charge on any atom is -0.207 e. The van der Waals surface area contributed by atoms with Gasteiger partial charge in [0.1, 0.15) is 5.82 Å². The molecule has 0 radical (unpaired) electrons. The Balaban J connectivity index is 1.91. The molecule has 0 amide bonds. The van der Waals surface area contributed by atoms with Crippen LogP contribution in [0, 0.1) is 11.7 Å². The molecule has 3 rings (SSSR count). The van der Waals surface area contributed by atoms with Crippen LogP contribution in [0.25, 0.3) is 0 Å². The van der Waals surface area contributed by atoms with Gasteiger partial charge in [-0.15, -0.1) is 0 Å². The van der Waals surface area contributed by atoms with E-state index in [4.69, 9.17) is 0 Å². The molecule has 1 saturated heterocycles. The Morgan fingerprint density at radius 3 is 2.40 bits per heavy atom. The maximum absolute atomic E-state index is 13.0. The molecule has 110 valence electrons. The highest BCUT2D eigenvalue weighted by Crippen LogP contribution is 2.37. The highest BCUT2D eigenvalue weighted by Gasteiger charge is 2.39. The Hall–Kier alpha value is -0.940. The molecule has 0 unspecified atom stereocenters. The van der Waals surface area contributed by atoms with Gasteiger partial charge in [0.15, 0.2) is 0 Å². The summed E-state index contributed by atoms with van der Waals surface area (Å²) in [6, 6.07) is 5.33. The number of nitrogens with zero attached hydrogens (tertiary/aromatic N) is 1. The molecule has 1 aliphatic heterocycles.